The number of hydrazine groups is 1. The van der Waals surface area contributed by atoms with E-state index < -0.39 is 0 Å². The van der Waals surface area contributed by atoms with Crippen molar-refractivity contribution in [3.63, 3.8) is 0 Å². The van der Waals surface area contributed by atoms with E-state index >= 15 is 0 Å². The van der Waals surface area contributed by atoms with Crippen LogP contribution in [0.3, 0.4) is 0 Å². The number of anilines is 1. The molecule has 1 aromatic carbocycles. The maximum atomic E-state index is 13.2. The van der Waals surface area contributed by atoms with Crippen molar-refractivity contribution in [1.29, 1.82) is 0 Å². The average Bonchev–Trinajstić information content (AvgIpc) is 2.49. The molecule has 1 atom stereocenters. The first-order valence-electron chi connectivity index (χ1n) is 6.11. The van der Waals surface area contributed by atoms with Crippen molar-refractivity contribution in [2.75, 3.05) is 26.2 Å². The molecular formula is C13H17FN4O2S. The molecule has 3 N–H and O–H groups in total. The standard InChI is InChI=1S/C13H17FN4O2S/c1-19-11-7-12(20-2)17-18(16-11)13(21-3)9-5-4-8(14)6-10(9)15/h4-7,13,16H,15H2,1-3H3. The molecule has 1 heterocycles. The van der Waals surface area contributed by atoms with E-state index in [9.17, 15) is 4.39 Å². The first kappa shape index (κ1) is 15.3. The van der Waals surface area contributed by atoms with E-state index in [1.54, 1.807) is 17.3 Å². The van der Waals surface area contributed by atoms with Gasteiger partial charge in [-0.1, -0.05) is 6.07 Å². The van der Waals surface area contributed by atoms with Gasteiger partial charge in [0.25, 0.3) is 0 Å². The number of nitrogens with zero attached hydrogens (tertiary/aromatic N) is 2. The summed E-state index contributed by atoms with van der Waals surface area (Å²) in [6.07, 6.45) is 3.53. The van der Waals surface area contributed by atoms with Crippen LogP contribution >= 0.6 is 11.8 Å². The molecule has 0 amide bonds. The Balaban J connectivity index is 2.33. The maximum absolute atomic E-state index is 13.2. The second-order valence-corrected chi connectivity index (χ2v) is 5.09. The Labute approximate surface area is 126 Å². The van der Waals surface area contributed by atoms with Crippen LogP contribution in [0.2, 0.25) is 0 Å². The highest BCUT2D eigenvalue weighted by molar-refractivity contribution is 7.98. The predicted molar refractivity (Wildman–Crippen MR) is 81.6 cm³/mol. The van der Waals surface area contributed by atoms with Gasteiger partial charge in [-0.05, 0) is 18.4 Å². The largest absolute Gasteiger partial charge is 0.481 e. The summed E-state index contributed by atoms with van der Waals surface area (Å²) >= 11 is 1.49. The molecule has 21 heavy (non-hydrogen) atoms. The monoisotopic (exact) mass is 312 g/mol. The highest BCUT2D eigenvalue weighted by atomic mass is 32.2. The van der Waals surface area contributed by atoms with Crippen molar-refractivity contribution >= 4 is 23.3 Å². The number of rotatable bonds is 4. The fraction of sp³-hybridized carbons (Fsp3) is 0.308. The Hall–Kier alpha value is -2.09. The second kappa shape index (κ2) is 6.57. The number of nitrogens with two attached hydrogens (primary N) is 1. The van der Waals surface area contributed by atoms with Gasteiger partial charge in [-0.25, -0.2) is 4.39 Å². The molecule has 0 bridgehead atoms. The van der Waals surface area contributed by atoms with Crippen molar-refractivity contribution in [2.45, 2.75) is 5.37 Å². The fourth-order valence-electron chi connectivity index (χ4n) is 1.86. The molecule has 1 aliphatic rings. The predicted octanol–water partition coefficient (Wildman–Crippen LogP) is 2.04. The van der Waals surface area contributed by atoms with Crippen molar-refractivity contribution in [2.24, 2.45) is 5.10 Å². The molecule has 0 aliphatic carbocycles. The van der Waals surface area contributed by atoms with Crippen molar-refractivity contribution in [3.8, 4) is 0 Å². The van der Waals surface area contributed by atoms with Gasteiger partial charge in [-0.3, -0.25) is 5.43 Å². The highest BCUT2D eigenvalue weighted by Crippen LogP contribution is 2.34. The number of halogens is 1. The van der Waals surface area contributed by atoms with Crippen LogP contribution in [0.15, 0.2) is 35.3 Å². The average molecular weight is 312 g/mol. The summed E-state index contributed by atoms with van der Waals surface area (Å²) in [5, 5.41) is 5.59. The van der Waals surface area contributed by atoms with Gasteiger partial charge in [-0.15, -0.1) is 16.9 Å². The lowest BCUT2D eigenvalue weighted by Gasteiger charge is -2.32. The van der Waals surface area contributed by atoms with E-state index in [0.717, 1.165) is 5.56 Å². The normalized spacial score (nSPS) is 15.7. The Morgan fingerprint density at radius 1 is 1.38 bits per heavy atom. The molecule has 2 rings (SSSR count). The minimum atomic E-state index is -0.374. The Morgan fingerprint density at radius 3 is 2.71 bits per heavy atom. The number of nitrogen functional groups attached to an aromatic ring is 1. The zero-order valence-corrected chi connectivity index (χ0v) is 12.8. The van der Waals surface area contributed by atoms with Gasteiger partial charge in [0.1, 0.15) is 11.2 Å². The zero-order valence-electron chi connectivity index (χ0n) is 12.0. The lowest BCUT2D eigenvalue weighted by atomic mass is 10.2. The molecular weight excluding hydrogens is 295 g/mol. The molecule has 6 nitrogen and oxygen atoms in total. The summed E-state index contributed by atoms with van der Waals surface area (Å²) in [6, 6.07) is 4.30. The highest BCUT2D eigenvalue weighted by Gasteiger charge is 2.25. The zero-order chi connectivity index (χ0) is 15.4. The van der Waals surface area contributed by atoms with E-state index in [2.05, 4.69) is 10.5 Å². The molecule has 1 aromatic rings. The van der Waals surface area contributed by atoms with Crippen LogP contribution in [0.5, 0.6) is 0 Å². The van der Waals surface area contributed by atoms with Crippen molar-refractivity contribution < 1.29 is 13.9 Å². The Kier molecular flexibility index (Phi) is 4.79. The van der Waals surface area contributed by atoms with Crippen LogP contribution < -0.4 is 11.2 Å². The van der Waals surface area contributed by atoms with Crippen LogP contribution in [0.1, 0.15) is 10.9 Å². The SMILES string of the molecule is COC1=CC(OC)=NN(C(SC)c2ccc(F)cc2N)N1. The third kappa shape index (κ3) is 3.33. The minimum absolute atomic E-state index is 0.269. The first-order valence-corrected chi connectivity index (χ1v) is 7.39. The number of thioether (sulfide) groups is 1. The summed E-state index contributed by atoms with van der Waals surface area (Å²) in [5.74, 6) is 0.508. The molecule has 0 spiro atoms. The molecule has 114 valence electrons. The fourth-order valence-corrected chi connectivity index (χ4v) is 2.63. The number of nitrogens with one attached hydrogen (secondary N) is 1. The molecule has 0 radical (unpaired) electrons. The number of hydrogen-bond donors (Lipinski definition) is 2. The number of hydrogen-bond acceptors (Lipinski definition) is 7. The first-order chi connectivity index (χ1) is 10.1. The summed E-state index contributed by atoms with van der Waals surface area (Å²) in [7, 11) is 3.06. The van der Waals surface area contributed by atoms with Crippen LogP contribution in [-0.4, -0.2) is 31.5 Å². The van der Waals surface area contributed by atoms with Gasteiger partial charge in [-0.2, -0.15) is 5.12 Å². The molecule has 8 heteroatoms. The number of benzene rings is 1. The molecule has 1 unspecified atom stereocenters. The molecule has 0 saturated carbocycles. The lowest BCUT2D eigenvalue weighted by molar-refractivity contribution is 0.123. The topological polar surface area (TPSA) is 72.1 Å². The van der Waals surface area contributed by atoms with Crippen molar-refractivity contribution in [1.82, 2.24) is 10.5 Å². The third-order valence-electron chi connectivity index (χ3n) is 2.87. The maximum Gasteiger partial charge on any atom is 0.238 e. The molecule has 0 aromatic heterocycles. The second-order valence-electron chi connectivity index (χ2n) is 4.17. The summed E-state index contributed by atoms with van der Waals surface area (Å²) in [6.45, 7) is 0. The van der Waals surface area contributed by atoms with E-state index in [1.165, 1.54) is 38.1 Å². The Morgan fingerprint density at radius 2 is 2.14 bits per heavy atom. The van der Waals surface area contributed by atoms with Gasteiger partial charge in [0.15, 0.2) is 0 Å². The van der Waals surface area contributed by atoms with Gasteiger partial charge in [0.2, 0.25) is 11.8 Å². The molecule has 0 saturated heterocycles. The molecule has 1 aliphatic heterocycles. The quantitative estimate of drug-likeness (QED) is 0.829. The van der Waals surface area contributed by atoms with Gasteiger partial charge < -0.3 is 15.2 Å². The van der Waals surface area contributed by atoms with E-state index in [-0.39, 0.29) is 11.2 Å². The van der Waals surface area contributed by atoms with Gasteiger partial charge >= 0.3 is 0 Å². The third-order valence-corrected chi connectivity index (χ3v) is 3.78. The number of ether oxygens (including phenoxy) is 2. The van der Waals surface area contributed by atoms with Crippen LogP contribution in [0.25, 0.3) is 0 Å². The Bertz CT molecular complexity index is 579. The molecule has 0 fully saturated rings. The van der Waals surface area contributed by atoms with Crippen LogP contribution in [-0.2, 0) is 9.47 Å². The van der Waals surface area contributed by atoms with Crippen LogP contribution in [0.4, 0.5) is 10.1 Å². The summed E-state index contributed by atoms with van der Waals surface area (Å²) < 4.78 is 23.5. The number of hydrazone groups is 1. The van der Waals surface area contributed by atoms with Gasteiger partial charge in [0.05, 0.1) is 20.3 Å². The van der Waals surface area contributed by atoms with Crippen molar-refractivity contribution in [3.05, 3.63) is 41.5 Å². The summed E-state index contributed by atoms with van der Waals surface area (Å²) in [5.41, 5.74) is 10.0. The van der Waals surface area contributed by atoms with E-state index in [0.29, 0.717) is 17.5 Å². The lowest BCUT2D eigenvalue weighted by Crippen LogP contribution is -2.39. The van der Waals surface area contributed by atoms with Crippen LogP contribution in [0, 0.1) is 5.82 Å². The smallest absolute Gasteiger partial charge is 0.238 e. The number of methoxy groups -OCH3 is 2. The van der Waals surface area contributed by atoms with Gasteiger partial charge in [0, 0.05) is 11.3 Å². The minimum Gasteiger partial charge on any atom is -0.481 e. The van der Waals surface area contributed by atoms with E-state index in [1.807, 2.05) is 6.26 Å². The van der Waals surface area contributed by atoms with E-state index in [4.69, 9.17) is 15.2 Å². The summed E-state index contributed by atoms with van der Waals surface area (Å²) in [4.78, 5) is 0.